The lowest BCUT2D eigenvalue weighted by molar-refractivity contribution is 0.384. The van der Waals surface area contributed by atoms with Crippen molar-refractivity contribution in [2.24, 2.45) is 0 Å². The fraction of sp³-hybridized carbons (Fsp3) is 0.0909. The van der Waals surface area contributed by atoms with Gasteiger partial charge in [0.25, 0.3) is 5.56 Å². The third kappa shape index (κ3) is 2.38. The van der Waals surface area contributed by atoms with Crippen LogP contribution < -0.4 is 16.0 Å². The van der Waals surface area contributed by atoms with Crippen LogP contribution in [0, 0.1) is 5.82 Å². The van der Waals surface area contributed by atoms with E-state index in [9.17, 15) is 19.1 Å². The molecule has 0 spiro atoms. The molecule has 6 nitrogen and oxygen atoms in total. The summed E-state index contributed by atoms with van der Waals surface area (Å²) >= 11 is 6.43. The molecule has 0 unspecified atom stereocenters. The van der Waals surface area contributed by atoms with Gasteiger partial charge in [0.2, 0.25) is 11.7 Å². The van der Waals surface area contributed by atoms with Crippen molar-refractivity contribution < 1.29 is 14.2 Å². The molecule has 9 heteroatoms. The van der Waals surface area contributed by atoms with Crippen molar-refractivity contribution >= 4 is 31.9 Å². The van der Waals surface area contributed by atoms with Crippen LogP contribution in [0.1, 0.15) is 0 Å². The van der Waals surface area contributed by atoms with Crippen LogP contribution in [0.4, 0.5) is 4.39 Å². The van der Waals surface area contributed by atoms with Crippen LogP contribution in [0.3, 0.4) is 0 Å². The van der Waals surface area contributed by atoms with Gasteiger partial charge < -0.3 is 9.84 Å². The van der Waals surface area contributed by atoms with Crippen molar-refractivity contribution in [2.45, 2.75) is 0 Å². The molecule has 0 fully saturated rings. The first-order valence-corrected chi connectivity index (χ1v) is 6.72. The number of aromatic hydroxyl groups is 1. The summed E-state index contributed by atoms with van der Waals surface area (Å²) in [6, 6.07) is 2.95. The van der Waals surface area contributed by atoms with Gasteiger partial charge in [0.1, 0.15) is 5.75 Å². The molecule has 0 atom stereocenters. The van der Waals surface area contributed by atoms with E-state index in [-0.39, 0.29) is 5.69 Å². The van der Waals surface area contributed by atoms with Crippen molar-refractivity contribution in [3.05, 3.63) is 47.7 Å². The van der Waals surface area contributed by atoms with Crippen molar-refractivity contribution in [3.63, 3.8) is 0 Å². The second-order valence-corrected chi connectivity index (χ2v) is 5.38. The SMILES string of the molecule is COc1cc(-n2c(O)c(F)c(=O)[nH]c2=O)c(Br)cc1Br. The zero-order valence-corrected chi connectivity index (χ0v) is 13.1. The van der Waals surface area contributed by atoms with E-state index in [1.165, 1.54) is 13.2 Å². The van der Waals surface area contributed by atoms with Gasteiger partial charge in [0.15, 0.2) is 0 Å². The molecule has 0 radical (unpaired) electrons. The first-order valence-electron chi connectivity index (χ1n) is 5.14. The normalized spacial score (nSPS) is 10.6. The smallest absolute Gasteiger partial charge is 0.335 e. The van der Waals surface area contributed by atoms with Crippen molar-refractivity contribution in [3.8, 4) is 17.3 Å². The molecule has 2 N–H and O–H groups in total. The molecule has 106 valence electrons. The molecule has 20 heavy (non-hydrogen) atoms. The highest BCUT2D eigenvalue weighted by atomic mass is 79.9. The summed E-state index contributed by atoms with van der Waals surface area (Å²) in [7, 11) is 1.41. The Morgan fingerprint density at radius 3 is 2.55 bits per heavy atom. The van der Waals surface area contributed by atoms with Crippen LogP contribution >= 0.6 is 31.9 Å². The number of rotatable bonds is 2. The molecule has 0 aliphatic carbocycles. The Bertz CT molecular complexity index is 800. The maximum absolute atomic E-state index is 13.4. The molecule has 0 aliphatic heterocycles. The largest absolute Gasteiger partial charge is 0.495 e. The summed E-state index contributed by atoms with van der Waals surface area (Å²) in [4.78, 5) is 24.6. The molecular weight excluding hydrogens is 403 g/mol. The highest BCUT2D eigenvalue weighted by Crippen LogP contribution is 2.34. The van der Waals surface area contributed by atoms with Crippen LogP contribution in [0.2, 0.25) is 0 Å². The highest BCUT2D eigenvalue weighted by Gasteiger charge is 2.18. The van der Waals surface area contributed by atoms with Gasteiger partial charge >= 0.3 is 5.69 Å². The van der Waals surface area contributed by atoms with Gasteiger partial charge in [-0.1, -0.05) is 0 Å². The van der Waals surface area contributed by atoms with E-state index in [2.05, 4.69) is 31.9 Å². The summed E-state index contributed by atoms with van der Waals surface area (Å²) in [5.41, 5.74) is -2.15. The minimum Gasteiger partial charge on any atom is -0.495 e. The number of ether oxygens (including phenoxy) is 1. The summed E-state index contributed by atoms with van der Waals surface area (Å²) in [5, 5.41) is 9.66. The minimum atomic E-state index is -1.45. The van der Waals surface area contributed by atoms with E-state index < -0.39 is 22.9 Å². The van der Waals surface area contributed by atoms with Crippen molar-refractivity contribution in [1.82, 2.24) is 9.55 Å². The fourth-order valence-electron chi connectivity index (χ4n) is 1.57. The summed E-state index contributed by atoms with van der Waals surface area (Å²) in [6.07, 6.45) is 0. The number of benzene rings is 1. The average molecular weight is 410 g/mol. The molecule has 0 saturated heterocycles. The lowest BCUT2D eigenvalue weighted by Gasteiger charge is -2.12. The number of aromatic amines is 1. The van der Waals surface area contributed by atoms with E-state index in [0.29, 0.717) is 19.3 Å². The van der Waals surface area contributed by atoms with E-state index in [4.69, 9.17) is 4.74 Å². The average Bonchev–Trinajstić information content (AvgIpc) is 2.38. The lowest BCUT2D eigenvalue weighted by Crippen LogP contribution is -2.31. The maximum Gasteiger partial charge on any atom is 0.335 e. The van der Waals surface area contributed by atoms with Crippen LogP contribution in [0.5, 0.6) is 11.6 Å². The van der Waals surface area contributed by atoms with Gasteiger partial charge in [-0.25, -0.2) is 9.36 Å². The van der Waals surface area contributed by atoms with Gasteiger partial charge in [-0.2, -0.15) is 4.39 Å². The molecule has 1 heterocycles. The molecule has 1 aromatic carbocycles. The second-order valence-electron chi connectivity index (χ2n) is 3.67. The first kappa shape index (κ1) is 14.8. The number of nitrogens with zero attached hydrogens (tertiary/aromatic N) is 1. The second kappa shape index (κ2) is 5.41. The molecule has 2 aromatic rings. The predicted molar refractivity (Wildman–Crippen MR) is 76.2 cm³/mol. The molecule has 1 aromatic heterocycles. The standard InChI is InChI=1S/C11H7Br2FN2O4/c1-20-7-3-6(4(12)2-5(7)13)16-10(18)8(14)9(17)15-11(16)19/h2-3,18H,1H3,(H,15,17,19). The van der Waals surface area contributed by atoms with E-state index >= 15 is 0 Å². The minimum absolute atomic E-state index is 0.114. The van der Waals surface area contributed by atoms with Crippen LogP contribution in [-0.2, 0) is 0 Å². The number of aromatic nitrogens is 2. The number of H-pyrrole nitrogens is 1. The highest BCUT2D eigenvalue weighted by molar-refractivity contribution is 9.11. The Morgan fingerprint density at radius 2 is 1.95 bits per heavy atom. The molecule has 0 amide bonds. The van der Waals surface area contributed by atoms with E-state index in [1.807, 2.05) is 0 Å². The van der Waals surface area contributed by atoms with Gasteiger partial charge in [0.05, 0.1) is 17.3 Å². The molecule has 2 rings (SSSR count). The zero-order chi connectivity index (χ0) is 15.0. The summed E-state index contributed by atoms with van der Waals surface area (Å²) in [5.74, 6) is -2.16. The van der Waals surface area contributed by atoms with Gasteiger partial charge in [-0.05, 0) is 37.9 Å². The third-order valence-corrected chi connectivity index (χ3v) is 3.75. The van der Waals surface area contributed by atoms with Crippen LogP contribution in [-0.4, -0.2) is 21.8 Å². The van der Waals surface area contributed by atoms with Crippen molar-refractivity contribution in [1.29, 1.82) is 0 Å². The molecule has 0 bridgehead atoms. The Labute approximate surface area is 128 Å². The number of methoxy groups -OCH3 is 1. The number of hydrogen-bond acceptors (Lipinski definition) is 4. The molecule has 0 saturated carbocycles. The molecular formula is C11H7Br2FN2O4. The zero-order valence-electron chi connectivity index (χ0n) is 9.91. The topological polar surface area (TPSA) is 84.3 Å². The maximum atomic E-state index is 13.4. The quantitative estimate of drug-likeness (QED) is 0.793. The van der Waals surface area contributed by atoms with E-state index in [0.717, 1.165) is 0 Å². The molecule has 0 aliphatic rings. The number of halogens is 3. The van der Waals surface area contributed by atoms with E-state index in [1.54, 1.807) is 11.1 Å². The fourth-order valence-corrected chi connectivity index (χ4v) is 2.91. The lowest BCUT2D eigenvalue weighted by atomic mass is 10.3. The first-order chi connectivity index (χ1) is 9.36. The van der Waals surface area contributed by atoms with Gasteiger partial charge in [0, 0.05) is 10.5 Å². The Morgan fingerprint density at radius 1 is 1.30 bits per heavy atom. The number of nitrogens with one attached hydrogen (secondary N) is 1. The Kier molecular flexibility index (Phi) is 4.00. The summed E-state index contributed by atoms with van der Waals surface area (Å²) < 4.78 is 20.1. The van der Waals surface area contributed by atoms with Crippen LogP contribution in [0.15, 0.2) is 30.7 Å². The van der Waals surface area contributed by atoms with Crippen LogP contribution in [0.25, 0.3) is 5.69 Å². The van der Waals surface area contributed by atoms with Gasteiger partial charge in [-0.3, -0.25) is 9.78 Å². The Hall–Kier alpha value is -1.61. The Balaban J connectivity index is 2.85. The summed E-state index contributed by atoms with van der Waals surface area (Å²) in [6.45, 7) is 0. The van der Waals surface area contributed by atoms with Gasteiger partial charge in [-0.15, -0.1) is 0 Å². The predicted octanol–water partition coefficient (Wildman–Crippen LogP) is 1.90. The monoisotopic (exact) mass is 408 g/mol. The third-order valence-electron chi connectivity index (χ3n) is 2.49. The van der Waals surface area contributed by atoms with Crippen molar-refractivity contribution in [2.75, 3.05) is 7.11 Å². The number of hydrogen-bond donors (Lipinski definition) is 2.